The minimum absolute atomic E-state index is 0.108. The molecule has 2 rings (SSSR count). The van der Waals surface area contributed by atoms with E-state index in [4.69, 9.17) is 4.74 Å². The van der Waals surface area contributed by atoms with Crippen molar-refractivity contribution >= 4 is 0 Å². The quantitative estimate of drug-likeness (QED) is 0.687. The van der Waals surface area contributed by atoms with Crippen LogP contribution in [0.3, 0.4) is 0 Å². The fourth-order valence-electron chi connectivity index (χ4n) is 2.73. The third-order valence-electron chi connectivity index (χ3n) is 4.21. The van der Waals surface area contributed by atoms with Crippen molar-refractivity contribution in [1.82, 2.24) is 10.2 Å². The predicted molar refractivity (Wildman–Crippen MR) is 85.4 cm³/mol. The summed E-state index contributed by atoms with van der Waals surface area (Å²) in [5.74, 6) is 0. The first-order chi connectivity index (χ1) is 10.2. The molecule has 0 spiro atoms. The van der Waals surface area contributed by atoms with Gasteiger partial charge in [0.1, 0.15) is 0 Å². The molecule has 4 nitrogen and oxygen atoms in total. The molecule has 1 saturated carbocycles. The molecule has 0 amide bonds. The summed E-state index contributed by atoms with van der Waals surface area (Å²) in [4.78, 5) is 2.34. The summed E-state index contributed by atoms with van der Waals surface area (Å²) in [6.45, 7) is 5.60. The lowest BCUT2D eigenvalue weighted by Crippen LogP contribution is -2.55. The first kappa shape index (κ1) is 16.4. The topological polar surface area (TPSA) is 44.7 Å². The minimum Gasteiger partial charge on any atom is -0.394 e. The zero-order valence-electron chi connectivity index (χ0n) is 13.2. The van der Waals surface area contributed by atoms with Gasteiger partial charge in [-0.3, -0.25) is 4.90 Å². The fraction of sp³-hybridized carbons (Fsp3) is 0.647. The largest absolute Gasteiger partial charge is 0.394 e. The standard InChI is InChI=1S/C17H28N2O2/c1-3-19(11-12-21-2)13-17(14-20,18-16-9-10-16)15-7-5-4-6-8-15/h4-8,16,18,20H,3,9-14H2,1-2H3. The van der Waals surface area contributed by atoms with Crippen molar-refractivity contribution < 1.29 is 9.84 Å². The van der Waals surface area contributed by atoms with Crippen LogP contribution in [0.2, 0.25) is 0 Å². The maximum atomic E-state index is 10.2. The number of likely N-dealkylation sites (N-methyl/N-ethyl adjacent to an activating group) is 1. The molecule has 0 aliphatic heterocycles. The molecular weight excluding hydrogens is 264 g/mol. The Kier molecular flexibility index (Phi) is 6.18. The smallest absolute Gasteiger partial charge is 0.0800 e. The van der Waals surface area contributed by atoms with Crippen LogP contribution < -0.4 is 5.32 Å². The average Bonchev–Trinajstić information content (AvgIpc) is 3.35. The molecule has 0 bridgehead atoms. The van der Waals surface area contributed by atoms with Crippen LogP contribution in [0, 0.1) is 0 Å². The Hall–Kier alpha value is -0.940. The van der Waals surface area contributed by atoms with Gasteiger partial charge in [0, 0.05) is 26.2 Å². The number of ether oxygens (including phenoxy) is 1. The van der Waals surface area contributed by atoms with Gasteiger partial charge in [-0.05, 0) is 24.9 Å². The molecule has 1 aromatic carbocycles. The molecule has 2 N–H and O–H groups in total. The zero-order valence-corrected chi connectivity index (χ0v) is 13.2. The summed E-state index contributed by atoms with van der Waals surface area (Å²) in [6.07, 6.45) is 2.41. The third kappa shape index (κ3) is 4.51. The van der Waals surface area contributed by atoms with Crippen molar-refractivity contribution in [2.45, 2.75) is 31.3 Å². The molecule has 1 aromatic rings. The van der Waals surface area contributed by atoms with Crippen LogP contribution in [0.25, 0.3) is 0 Å². The molecule has 1 fully saturated rings. The van der Waals surface area contributed by atoms with Crippen LogP contribution in [-0.4, -0.2) is 56.0 Å². The third-order valence-corrected chi connectivity index (χ3v) is 4.21. The second-order valence-corrected chi connectivity index (χ2v) is 5.89. The van der Waals surface area contributed by atoms with E-state index in [0.717, 1.165) is 25.2 Å². The molecule has 21 heavy (non-hydrogen) atoms. The maximum absolute atomic E-state index is 10.2. The van der Waals surface area contributed by atoms with Crippen molar-refractivity contribution in [1.29, 1.82) is 0 Å². The van der Waals surface area contributed by atoms with E-state index in [9.17, 15) is 5.11 Å². The highest BCUT2D eigenvalue weighted by Gasteiger charge is 2.38. The van der Waals surface area contributed by atoms with Gasteiger partial charge in [-0.1, -0.05) is 37.3 Å². The Balaban J connectivity index is 2.17. The van der Waals surface area contributed by atoms with Gasteiger partial charge in [-0.15, -0.1) is 0 Å². The van der Waals surface area contributed by atoms with Crippen LogP contribution >= 0.6 is 0 Å². The second-order valence-electron chi connectivity index (χ2n) is 5.89. The molecule has 1 aliphatic rings. The summed E-state index contributed by atoms with van der Waals surface area (Å²) in [5.41, 5.74) is 0.780. The van der Waals surface area contributed by atoms with Crippen molar-refractivity contribution in [2.75, 3.05) is 40.0 Å². The van der Waals surface area contributed by atoms with Crippen molar-refractivity contribution in [2.24, 2.45) is 0 Å². The summed E-state index contributed by atoms with van der Waals surface area (Å²) in [5, 5.41) is 13.8. The van der Waals surface area contributed by atoms with E-state index in [1.54, 1.807) is 7.11 Å². The highest BCUT2D eigenvalue weighted by atomic mass is 16.5. The lowest BCUT2D eigenvalue weighted by molar-refractivity contribution is 0.0866. The first-order valence-corrected chi connectivity index (χ1v) is 7.89. The highest BCUT2D eigenvalue weighted by molar-refractivity contribution is 5.26. The Bertz CT molecular complexity index is 409. The highest BCUT2D eigenvalue weighted by Crippen LogP contribution is 2.29. The first-order valence-electron chi connectivity index (χ1n) is 7.89. The van der Waals surface area contributed by atoms with Crippen LogP contribution in [0.1, 0.15) is 25.3 Å². The van der Waals surface area contributed by atoms with E-state index < -0.39 is 0 Å². The summed E-state index contributed by atoms with van der Waals surface area (Å²) >= 11 is 0. The number of nitrogens with zero attached hydrogens (tertiary/aromatic N) is 1. The molecule has 0 heterocycles. The van der Waals surface area contributed by atoms with Crippen molar-refractivity contribution in [3.05, 3.63) is 35.9 Å². The Morgan fingerprint density at radius 1 is 1.33 bits per heavy atom. The molecule has 1 aliphatic carbocycles. The van der Waals surface area contributed by atoms with Crippen LogP contribution in [0.4, 0.5) is 0 Å². The van der Waals surface area contributed by atoms with Crippen molar-refractivity contribution in [3.63, 3.8) is 0 Å². The Morgan fingerprint density at radius 3 is 2.57 bits per heavy atom. The van der Waals surface area contributed by atoms with E-state index in [1.807, 2.05) is 18.2 Å². The number of methoxy groups -OCH3 is 1. The number of aliphatic hydroxyl groups excluding tert-OH is 1. The predicted octanol–water partition coefficient (Wildman–Crippen LogP) is 1.59. The fourth-order valence-corrected chi connectivity index (χ4v) is 2.73. The zero-order chi connectivity index (χ0) is 15.1. The summed E-state index contributed by atoms with van der Waals surface area (Å²) < 4.78 is 5.20. The lowest BCUT2D eigenvalue weighted by atomic mass is 9.89. The molecule has 0 radical (unpaired) electrons. The molecule has 1 atom stereocenters. The van der Waals surface area contributed by atoms with E-state index in [1.165, 1.54) is 12.8 Å². The van der Waals surface area contributed by atoms with Crippen LogP contribution in [-0.2, 0) is 10.3 Å². The van der Waals surface area contributed by atoms with Gasteiger partial charge in [0.15, 0.2) is 0 Å². The van der Waals surface area contributed by atoms with E-state index in [-0.39, 0.29) is 12.1 Å². The maximum Gasteiger partial charge on any atom is 0.0800 e. The van der Waals surface area contributed by atoms with Gasteiger partial charge in [-0.25, -0.2) is 0 Å². The molecule has 1 unspecified atom stereocenters. The van der Waals surface area contributed by atoms with Crippen LogP contribution in [0.5, 0.6) is 0 Å². The number of aliphatic hydroxyl groups is 1. The minimum atomic E-state index is -0.383. The number of hydrogen-bond acceptors (Lipinski definition) is 4. The number of hydrogen-bond donors (Lipinski definition) is 2. The second kappa shape index (κ2) is 7.90. The molecular formula is C17H28N2O2. The summed E-state index contributed by atoms with van der Waals surface area (Å²) in [7, 11) is 1.73. The molecule has 118 valence electrons. The number of benzene rings is 1. The molecule has 4 heteroatoms. The average molecular weight is 292 g/mol. The SMILES string of the molecule is CCN(CCOC)CC(CO)(NC1CC1)c1ccccc1. The number of nitrogens with one attached hydrogen (secondary N) is 1. The number of rotatable bonds is 10. The van der Waals surface area contributed by atoms with Gasteiger partial charge >= 0.3 is 0 Å². The van der Waals surface area contributed by atoms with Gasteiger partial charge in [0.2, 0.25) is 0 Å². The lowest BCUT2D eigenvalue weighted by Gasteiger charge is -2.38. The summed E-state index contributed by atoms with van der Waals surface area (Å²) in [6, 6.07) is 10.9. The Morgan fingerprint density at radius 2 is 2.05 bits per heavy atom. The van der Waals surface area contributed by atoms with Gasteiger partial charge in [0.05, 0.1) is 18.8 Å². The van der Waals surface area contributed by atoms with E-state index >= 15 is 0 Å². The Labute approximate surface area is 128 Å². The van der Waals surface area contributed by atoms with Crippen LogP contribution in [0.15, 0.2) is 30.3 Å². The van der Waals surface area contributed by atoms with Gasteiger partial charge in [0.25, 0.3) is 0 Å². The normalized spacial score (nSPS) is 17.9. The molecule has 0 saturated heterocycles. The van der Waals surface area contributed by atoms with Gasteiger partial charge < -0.3 is 15.2 Å². The van der Waals surface area contributed by atoms with E-state index in [0.29, 0.717) is 12.6 Å². The molecule has 0 aromatic heterocycles. The van der Waals surface area contributed by atoms with Crippen molar-refractivity contribution in [3.8, 4) is 0 Å². The van der Waals surface area contributed by atoms with Gasteiger partial charge in [-0.2, -0.15) is 0 Å². The monoisotopic (exact) mass is 292 g/mol. The van der Waals surface area contributed by atoms with E-state index in [2.05, 4.69) is 29.3 Å².